The summed E-state index contributed by atoms with van der Waals surface area (Å²) in [4.78, 5) is 35.0. The van der Waals surface area contributed by atoms with E-state index in [0.717, 1.165) is 12.8 Å². The summed E-state index contributed by atoms with van der Waals surface area (Å²) in [5.41, 5.74) is 4.05. The van der Waals surface area contributed by atoms with Crippen LogP contribution in [0.25, 0.3) is 17.2 Å². The van der Waals surface area contributed by atoms with E-state index >= 15 is 0 Å². The largest absolute Gasteiger partial charge is 0.417 e. The number of hydrogen-bond donors (Lipinski definition) is 3. The van der Waals surface area contributed by atoms with E-state index in [9.17, 15) is 22.8 Å². The number of aromatic amines is 1. The molecule has 0 spiro atoms. The van der Waals surface area contributed by atoms with Crippen LogP contribution in [0.3, 0.4) is 0 Å². The standard InChI is InChI=1S/C29H26F3N5O3/c1-16(11-24-17(2)35-28(39)40-24)26(38)37-25(29(30,31)32)19-9-7-18(8-10-19)22-14-33-27(34-15-22)36-23-12-20-5-3-4-6-21(20)13-23/h3-11,14-15,23,25H,12-13H2,1-2H3,(H,35,39)(H,37,38)(H,33,34,36)/b16-11+/t25-/m1/s1. The fourth-order valence-corrected chi connectivity index (χ4v) is 4.68. The fraction of sp³-hybridized carbons (Fsp3) is 0.241. The monoisotopic (exact) mass is 549 g/mol. The molecule has 2 heterocycles. The van der Waals surface area contributed by atoms with Gasteiger partial charge in [-0.25, -0.2) is 14.8 Å². The molecule has 0 radical (unpaired) electrons. The van der Waals surface area contributed by atoms with Gasteiger partial charge in [0.25, 0.3) is 0 Å². The number of aryl methyl sites for hydroxylation is 1. The Balaban J connectivity index is 1.26. The molecular weight excluding hydrogens is 523 g/mol. The van der Waals surface area contributed by atoms with Crippen LogP contribution in [0.2, 0.25) is 0 Å². The van der Waals surface area contributed by atoms with Crippen molar-refractivity contribution in [2.75, 3.05) is 5.32 Å². The number of aromatic nitrogens is 3. The molecular formula is C29H26F3N5O3. The second kappa shape index (κ2) is 10.8. The number of H-pyrrole nitrogens is 1. The van der Waals surface area contributed by atoms with Crippen LogP contribution < -0.4 is 16.4 Å². The van der Waals surface area contributed by atoms with E-state index in [1.54, 1.807) is 19.3 Å². The molecule has 0 saturated carbocycles. The summed E-state index contributed by atoms with van der Waals surface area (Å²) in [6, 6.07) is 11.9. The minimum Gasteiger partial charge on any atom is -0.408 e. The summed E-state index contributed by atoms with van der Waals surface area (Å²) in [5.74, 6) is -1.12. The molecule has 5 rings (SSSR count). The smallest absolute Gasteiger partial charge is 0.408 e. The van der Waals surface area contributed by atoms with Crippen LogP contribution in [-0.4, -0.2) is 33.1 Å². The highest BCUT2D eigenvalue weighted by Crippen LogP contribution is 2.34. The molecule has 3 N–H and O–H groups in total. The molecule has 0 bridgehead atoms. The minimum atomic E-state index is -4.75. The van der Waals surface area contributed by atoms with E-state index < -0.39 is 23.9 Å². The van der Waals surface area contributed by atoms with Gasteiger partial charge in [-0.1, -0.05) is 48.5 Å². The van der Waals surface area contributed by atoms with Crippen LogP contribution in [0.1, 0.15) is 41.1 Å². The third-order valence-corrected chi connectivity index (χ3v) is 6.78. The van der Waals surface area contributed by atoms with E-state index in [4.69, 9.17) is 4.42 Å². The summed E-state index contributed by atoms with van der Waals surface area (Å²) in [7, 11) is 0. The van der Waals surface area contributed by atoms with Crippen molar-refractivity contribution < 1.29 is 22.4 Å². The van der Waals surface area contributed by atoms with E-state index in [-0.39, 0.29) is 22.9 Å². The van der Waals surface area contributed by atoms with E-state index in [1.165, 1.54) is 48.4 Å². The van der Waals surface area contributed by atoms with Crippen molar-refractivity contribution >= 4 is 17.9 Å². The first kappa shape index (κ1) is 26.9. The molecule has 0 unspecified atom stereocenters. The van der Waals surface area contributed by atoms with Gasteiger partial charge in [0, 0.05) is 29.6 Å². The average Bonchev–Trinajstić information content (AvgIpc) is 3.47. The first-order valence-corrected chi connectivity index (χ1v) is 12.6. The van der Waals surface area contributed by atoms with Crippen molar-refractivity contribution in [3.05, 3.63) is 105 Å². The second-order valence-corrected chi connectivity index (χ2v) is 9.71. The molecule has 0 saturated heterocycles. The maximum Gasteiger partial charge on any atom is 0.417 e. The topological polar surface area (TPSA) is 113 Å². The zero-order valence-corrected chi connectivity index (χ0v) is 21.7. The van der Waals surface area contributed by atoms with Crippen LogP contribution in [0.15, 0.2) is 75.7 Å². The van der Waals surface area contributed by atoms with Crippen molar-refractivity contribution in [1.29, 1.82) is 0 Å². The highest BCUT2D eigenvalue weighted by Gasteiger charge is 2.42. The van der Waals surface area contributed by atoms with Gasteiger partial charge in [-0.05, 0) is 55.0 Å². The molecule has 206 valence electrons. The molecule has 8 nitrogen and oxygen atoms in total. The molecule has 1 aliphatic carbocycles. The highest BCUT2D eigenvalue weighted by atomic mass is 19.4. The Morgan fingerprint density at radius 3 is 2.23 bits per heavy atom. The number of hydrogen-bond acceptors (Lipinski definition) is 6. The zero-order chi connectivity index (χ0) is 28.4. The van der Waals surface area contributed by atoms with Crippen LogP contribution in [-0.2, 0) is 17.6 Å². The molecule has 2 aromatic heterocycles. The normalized spacial score (nSPS) is 14.6. The molecule has 0 fully saturated rings. The quantitative estimate of drug-likeness (QED) is 0.276. The molecule has 1 amide bonds. The number of alkyl halides is 3. The minimum absolute atomic E-state index is 0.0518. The number of oxazole rings is 1. The van der Waals surface area contributed by atoms with Crippen molar-refractivity contribution in [1.82, 2.24) is 20.3 Å². The predicted octanol–water partition coefficient (Wildman–Crippen LogP) is 5.14. The Kier molecular flexibility index (Phi) is 7.29. The van der Waals surface area contributed by atoms with Crippen LogP contribution in [0.4, 0.5) is 19.1 Å². The Morgan fingerprint density at radius 2 is 1.68 bits per heavy atom. The first-order chi connectivity index (χ1) is 19.1. The van der Waals surface area contributed by atoms with Gasteiger partial charge in [0.1, 0.15) is 0 Å². The molecule has 11 heteroatoms. The van der Waals surface area contributed by atoms with Gasteiger partial charge < -0.3 is 15.1 Å². The summed E-state index contributed by atoms with van der Waals surface area (Å²) in [6.07, 6.45) is 1.47. The van der Waals surface area contributed by atoms with Crippen LogP contribution >= 0.6 is 0 Å². The van der Waals surface area contributed by atoms with Crippen LogP contribution in [0, 0.1) is 6.92 Å². The Labute approximate surface area is 227 Å². The van der Waals surface area contributed by atoms with Gasteiger partial charge in [-0.15, -0.1) is 0 Å². The number of nitrogens with one attached hydrogen (secondary N) is 3. The van der Waals surface area contributed by atoms with Crippen molar-refractivity contribution in [3.63, 3.8) is 0 Å². The van der Waals surface area contributed by atoms with E-state index in [2.05, 4.69) is 32.4 Å². The predicted molar refractivity (Wildman–Crippen MR) is 143 cm³/mol. The number of rotatable bonds is 7. The first-order valence-electron chi connectivity index (χ1n) is 12.6. The summed E-state index contributed by atoms with van der Waals surface area (Å²) >= 11 is 0. The number of nitrogens with zero attached hydrogens (tertiary/aromatic N) is 2. The number of anilines is 1. The third-order valence-electron chi connectivity index (χ3n) is 6.78. The van der Waals surface area contributed by atoms with Crippen molar-refractivity contribution in [2.45, 2.75) is 44.9 Å². The number of halogens is 3. The number of carbonyl (C=O) groups excluding carboxylic acids is 1. The molecule has 4 aromatic rings. The molecule has 0 aliphatic heterocycles. The summed E-state index contributed by atoms with van der Waals surface area (Å²) < 4.78 is 46.7. The maximum atomic E-state index is 13.9. The highest BCUT2D eigenvalue weighted by molar-refractivity contribution is 5.97. The molecule has 1 aliphatic rings. The van der Waals surface area contributed by atoms with Crippen molar-refractivity contribution in [3.8, 4) is 11.1 Å². The lowest BCUT2D eigenvalue weighted by atomic mass is 10.0. The van der Waals surface area contributed by atoms with Gasteiger partial charge in [0.05, 0.1) is 5.69 Å². The summed E-state index contributed by atoms with van der Waals surface area (Å²) in [6.45, 7) is 2.88. The molecule has 40 heavy (non-hydrogen) atoms. The summed E-state index contributed by atoms with van der Waals surface area (Å²) in [5, 5.41) is 5.37. The lowest BCUT2D eigenvalue weighted by Crippen LogP contribution is -2.38. The van der Waals surface area contributed by atoms with Gasteiger partial charge in [-0.2, -0.15) is 13.2 Å². The Hall–Kier alpha value is -4.67. The van der Waals surface area contributed by atoms with Gasteiger partial charge >= 0.3 is 11.9 Å². The van der Waals surface area contributed by atoms with Crippen LogP contribution in [0.5, 0.6) is 0 Å². The van der Waals surface area contributed by atoms with Gasteiger partial charge in [0.15, 0.2) is 11.8 Å². The fourth-order valence-electron chi connectivity index (χ4n) is 4.68. The maximum absolute atomic E-state index is 13.9. The second-order valence-electron chi connectivity index (χ2n) is 9.71. The third kappa shape index (κ3) is 5.98. The number of fused-ring (bicyclic) bond motifs is 1. The van der Waals surface area contributed by atoms with Gasteiger partial charge in [-0.3, -0.25) is 9.78 Å². The average molecular weight is 550 g/mol. The molecule has 2 aromatic carbocycles. The number of benzene rings is 2. The van der Waals surface area contributed by atoms with E-state index in [0.29, 0.717) is 22.8 Å². The SMILES string of the molecule is C/C(=C\c1oc(=O)[nH]c1C)C(=O)N[C@H](c1ccc(-c2cnc(NC3Cc4ccccc4C3)nc2)cc1)C(F)(F)F. The lowest BCUT2D eigenvalue weighted by molar-refractivity contribution is -0.162. The lowest BCUT2D eigenvalue weighted by Gasteiger charge is -2.22. The number of amides is 1. The van der Waals surface area contributed by atoms with Crippen molar-refractivity contribution in [2.24, 2.45) is 0 Å². The Bertz CT molecular complexity index is 1580. The Morgan fingerprint density at radius 1 is 1.05 bits per heavy atom. The molecule has 1 atom stereocenters. The zero-order valence-electron chi connectivity index (χ0n) is 21.7. The number of carbonyl (C=O) groups is 1. The van der Waals surface area contributed by atoms with Gasteiger partial charge in [0.2, 0.25) is 11.9 Å². The van der Waals surface area contributed by atoms with E-state index in [1.807, 2.05) is 17.4 Å².